The van der Waals surface area contributed by atoms with Crippen molar-refractivity contribution in [2.75, 3.05) is 13.1 Å². The van der Waals surface area contributed by atoms with Crippen LogP contribution in [0.15, 0.2) is 30.5 Å². The van der Waals surface area contributed by atoms with Gasteiger partial charge in [-0.25, -0.2) is 4.39 Å². The molecule has 0 bridgehead atoms. The van der Waals surface area contributed by atoms with Crippen LogP contribution in [0.25, 0.3) is 11.3 Å². The number of carbonyl (C=O) groups is 1. The minimum Gasteiger partial charge on any atom is -0.350 e. The van der Waals surface area contributed by atoms with E-state index in [1.807, 2.05) is 13.8 Å². The second-order valence-corrected chi connectivity index (χ2v) is 4.83. The maximum atomic E-state index is 13.0. The first-order valence-electron chi connectivity index (χ1n) is 6.92. The Balaban J connectivity index is 0.00000242. The average molecular weight is 327 g/mol. The predicted molar refractivity (Wildman–Crippen MR) is 86.7 cm³/mol. The highest BCUT2D eigenvalue weighted by atomic mass is 35.5. The van der Waals surface area contributed by atoms with Gasteiger partial charge in [-0.2, -0.15) is 5.10 Å². The lowest BCUT2D eigenvalue weighted by atomic mass is 10.1. The number of H-pyrrole nitrogens is 1. The lowest BCUT2D eigenvalue weighted by molar-refractivity contribution is 0.0951. The quantitative estimate of drug-likeness (QED) is 0.763. The minimum atomic E-state index is -0.316. The van der Waals surface area contributed by atoms with Crippen LogP contribution in [0.5, 0.6) is 0 Å². The van der Waals surface area contributed by atoms with Crippen molar-refractivity contribution >= 4 is 18.3 Å². The van der Waals surface area contributed by atoms with E-state index >= 15 is 0 Å². The molecule has 1 atom stereocenters. The molecular formula is C15H20ClFN4O. The number of halogens is 2. The zero-order chi connectivity index (χ0) is 15.2. The van der Waals surface area contributed by atoms with Gasteiger partial charge in [-0.05, 0) is 37.7 Å². The molecule has 1 heterocycles. The molecule has 0 radical (unpaired) electrons. The molecule has 0 fully saturated rings. The van der Waals surface area contributed by atoms with Crippen LogP contribution in [0.2, 0.25) is 0 Å². The van der Waals surface area contributed by atoms with E-state index in [2.05, 4.69) is 20.8 Å². The van der Waals surface area contributed by atoms with E-state index in [-0.39, 0.29) is 30.2 Å². The molecule has 1 aromatic heterocycles. The Bertz CT molecular complexity index is 600. The van der Waals surface area contributed by atoms with Crippen molar-refractivity contribution in [3.05, 3.63) is 41.8 Å². The Morgan fingerprint density at radius 2 is 2.05 bits per heavy atom. The van der Waals surface area contributed by atoms with E-state index in [1.54, 1.807) is 12.1 Å². The second kappa shape index (κ2) is 8.51. The molecule has 3 N–H and O–H groups in total. The fourth-order valence-electron chi connectivity index (χ4n) is 2.06. The monoisotopic (exact) mass is 326 g/mol. The summed E-state index contributed by atoms with van der Waals surface area (Å²) in [6, 6.07) is 6.12. The smallest absolute Gasteiger partial charge is 0.255 e. The van der Waals surface area contributed by atoms with Crippen LogP contribution in [0.3, 0.4) is 0 Å². The van der Waals surface area contributed by atoms with E-state index in [4.69, 9.17) is 0 Å². The third kappa shape index (κ3) is 4.54. The second-order valence-electron chi connectivity index (χ2n) is 4.83. The van der Waals surface area contributed by atoms with Gasteiger partial charge in [0.2, 0.25) is 0 Å². The largest absolute Gasteiger partial charge is 0.350 e. The SMILES string of the molecule is CCN[C@H](C)CNC(=O)c1cn[nH]c1-c1ccc(F)cc1.Cl. The van der Waals surface area contributed by atoms with Crippen molar-refractivity contribution in [2.45, 2.75) is 19.9 Å². The predicted octanol–water partition coefficient (Wildman–Crippen LogP) is 2.37. The first-order chi connectivity index (χ1) is 10.1. The summed E-state index contributed by atoms with van der Waals surface area (Å²) in [7, 11) is 0. The van der Waals surface area contributed by atoms with Crippen molar-refractivity contribution < 1.29 is 9.18 Å². The number of benzene rings is 1. The highest BCUT2D eigenvalue weighted by Gasteiger charge is 2.15. The molecule has 0 aliphatic heterocycles. The van der Waals surface area contributed by atoms with Crippen molar-refractivity contribution in [1.82, 2.24) is 20.8 Å². The number of aromatic nitrogens is 2. The average Bonchev–Trinajstić information content (AvgIpc) is 2.95. The molecule has 1 amide bonds. The van der Waals surface area contributed by atoms with Crippen molar-refractivity contribution in [3.8, 4) is 11.3 Å². The zero-order valence-electron chi connectivity index (χ0n) is 12.5. The van der Waals surface area contributed by atoms with E-state index in [1.165, 1.54) is 18.3 Å². The standard InChI is InChI=1S/C15H19FN4O.ClH/c1-3-17-10(2)8-18-15(21)13-9-19-20-14(13)11-4-6-12(16)7-5-11;/h4-7,9-10,17H,3,8H2,1-2H3,(H,18,21)(H,19,20);1H/t10-;/m1./s1. The van der Waals surface area contributed by atoms with Gasteiger partial charge in [-0.15, -0.1) is 12.4 Å². The molecule has 2 rings (SSSR count). The Morgan fingerprint density at radius 3 is 2.68 bits per heavy atom. The Morgan fingerprint density at radius 1 is 1.36 bits per heavy atom. The van der Waals surface area contributed by atoms with Gasteiger partial charge in [0, 0.05) is 18.2 Å². The highest BCUT2D eigenvalue weighted by molar-refractivity contribution is 5.99. The highest BCUT2D eigenvalue weighted by Crippen LogP contribution is 2.21. The van der Waals surface area contributed by atoms with Gasteiger partial charge in [-0.1, -0.05) is 6.92 Å². The van der Waals surface area contributed by atoms with E-state index in [0.717, 1.165) is 12.1 Å². The number of aromatic amines is 1. The van der Waals surface area contributed by atoms with Crippen LogP contribution >= 0.6 is 12.4 Å². The molecule has 22 heavy (non-hydrogen) atoms. The van der Waals surface area contributed by atoms with Gasteiger partial charge in [0.1, 0.15) is 5.82 Å². The van der Waals surface area contributed by atoms with Crippen LogP contribution in [0.1, 0.15) is 24.2 Å². The molecule has 0 unspecified atom stereocenters. The van der Waals surface area contributed by atoms with Gasteiger partial charge in [0.15, 0.2) is 0 Å². The summed E-state index contributed by atoms with van der Waals surface area (Å²) in [5.74, 6) is -0.517. The summed E-state index contributed by atoms with van der Waals surface area (Å²) in [5, 5.41) is 12.8. The molecular weight excluding hydrogens is 307 g/mol. The van der Waals surface area contributed by atoms with Gasteiger partial charge in [-0.3, -0.25) is 9.89 Å². The molecule has 7 heteroatoms. The minimum absolute atomic E-state index is 0. The van der Waals surface area contributed by atoms with Crippen molar-refractivity contribution in [1.29, 1.82) is 0 Å². The van der Waals surface area contributed by atoms with Crippen molar-refractivity contribution in [2.24, 2.45) is 0 Å². The number of nitrogens with one attached hydrogen (secondary N) is 3. The fraction of sp³-hybridized carbons (Fsp3) is 0.333. The number of rotatable bonds is 6. The topological polar surface area (TPSA) is 69.8 Å². The maximum Gasteiger partial charge on any atom is 0.255 e. The zero-order valence-corrected chi connectivity index (χ0v) is 13.3. The van der Waals surface area contributed by atoms with Crippen LogP contribution in [-0.2, 0) is 0 Å². The molecule has 0 saturated carbocycles. The first-order valence-corrected chi connectivity index (χ1v) is 6.92. The van der Waals surface area contributed by atoms with Gasteiger partial charge in [0.25, 0.3) is 5.91 Å². The molecule has 0 aliphatic carbocycles. The van der Waals surface area contributed by atoms with Crippen LogP contribution < -0.4 is 10.6 Å². The Kier molecular flexibility index (Phi) is 7.01. The summed E-state index contributed by atoms with van der Waals surface area (Å²) < 4.78 is 13.0. The third-order valence-electron chi connectivity index (χ3n) is 3.14. The van der Waals surface area contributed by atoms with E-state index in [9.17, 15) is 9.18 Å². The van der Waals surface area contributed by atoms with Crippen LogP contribution in [0.4, 0.5) is 4.39 Å². The number of carbonyl (C=O) groups excluding carboxylic acids is 1. The molecule has 0 saturated heterocycles. The lowest BCUT2D eigenvalue weighted by Gasteiger charge is -2.13. The molecule has 5 nitrogen and oxygen atoms in total. The molecule has 0 spiro atoms. The Hall–Kier alpha value is -1.92. The lowest BCUT2D eigenvalue weighted by Crippen LogP contribution is -2.38. The Labute approximate surface area is 135 Å². The summed E-state index contributed by atoms with van der Waals surface area (Å²) in [4.78, 5) is 12.2. The normalized spacial score (nSPS) is 11.6. The molecule has 1 aromatic carbocycles. The maximum absolute atomic E-state index is 13.0. The molecule has 0 aliphatic rings. The third-order valence-corrected chi connectivity index (χ3v) is 3.14. The number of hydrogen-bond acceptors (Lipinski definition) is 3. The number of amides is 1. The summed E-state index contributed by atoms with van der Waals surface area (Å²) >= 11 is 0. The van der Waals surface area contributed by atoms with Crippen molar-refractivity contribution in [3.63, 3.8) is 0 Å². The number of likely N-dealkylation sites (N-methyl/N-ethyl adjacent to an activating group) is 1. The van der Waals surface area contributed by atoms with Gasteiger partial charge < -0.3 is 10.6 Å². The summed E-state index contributed by atoms with van der Waals surface area (Å²) in [6.45, 7) is 5.39. The summed E-state index contributed by atoms with van der Waals surface area (Å²) in [6.07, 6.45) is 1.48. The van der Waals surface area contributed by atoms with Crippen LogP contribution in [-0.4, -0.2) is 35.2 Å². The summed E-state index contributed by atoms with van der Waals surface area (Å²) in [5.41, 5.74) is 1.76. The number of hydrogen-bond donors (Lipinski definition) is 3. The fourth-order valence-corrected chi connectivity index (χ4v) is 2.06. The van der Waals surface area contributed by atoms with Crippen LogP contribution in [0, 0.1) is 5.82 Å². The van der Waals surface area contributed by atoms with Gasteiger partial charge in [0.05, 0.1) is 17.5 Å². The number of nitrogens with zero attached hydrogens (tertiary/aromatic N) is 1. The molecule has 2 aromatic rings. The molecule has 120 valence electrons. The van der Waals surface area contributed by atoms with E-state index in [0.29, 0.717) is 17.8 Å². The van der Waals surface area contributed by atoms with Gasteiger partial charge >= 0.3 is 0 Å². The first kappa shape index (κ1) is 18.1. The van der Waals surface area contributed by atoms with E-state index < -0.39 is 0 Å².